The first kappa shape index (κ1) is 22.9. The number of hydrogen-bond acceptors (Lipinski definition) is 3. The standard InChI is InChI=1S/C30H25FN2OS/c1-30(2,27(20-11-5-3-6-12-20)21-13-7-4-8-14-21)28(34)33-29-32-26(19-35-29)24-17-18-25(31)23-16-10-9-15-22(23)24/h3-19,27H,1-2H3,(H,32,33,34). The lowest BCUT2D eigenvalue weighted by Crippen LogP contribution is -2.37. The number of fused-ring (bicyclic) bond motifs is 1. The Morgan fingerprint density at radius 3 is 2.03 bits per heavy atom. The van der Waals surface area contributed by atoms with E-state index in [4.69, 9.17) is 0 Å². The van der Waals surface area contributed by atoms with Crippen molar-refractivity contribution < 1.29 is 9.18 Å². The second kappa shape index (κ2) is 9.43. The van der Waals surface area contributed by atoms with Crippen LogP contribution in [0, 0.1) is 11.2 Å². The summed E-state index contributed by atoms with van der Waals surface area (Å²) in [5.74, 6) is -0.506. The molecule has 5 rings (SSSR count). The zero-order valence-corrected chi connectivity index (χ0v) is 20.4. The number of carbonyl (C=O) groups excluding carboxylic acids is 1. The van der Waals surface area contributed by atoms with Gasteiger partial charge < -0.3 is 5.32 Å². The van der Waals surface area contributed by atoms with Gasteiger partial charge in [0.1, 0.15) is 5.82 Å². The molecule has 1 aromatic heterocycles. The van der Waals surface area contributed by atoms with Crippen molar-refractivity contribution in [2.45, 2.75) is 19.8 Å². The summed E-state index contributed by atoms with van der Waals surface area (Å²) in [6.07, 6.45) is 0. The summed E-state index contributed by atoms with van der Waals surface area (Å²) in [5, 5.41) is 6.81. The van der Waals surface area contributed by atoms with Crippen LogP contribution in [-0.4, -0.2) is 10.9 Å². The van der Waals surface area contributed by atoms with Crippen LogP contribution in [0.3, 0.4) is 0 Å². The Morgan fingerprint density at radius 1 is 0.829 bits per heavy atom. The van der Waals surface area contributed by atoms with Gasteiger partial charge in [-0.1, -0.05) is 98.8 Å². The fourth-order valence-corrected chi connectivity index (χ4v) is 5.35. The number of rotatable bonds is 6. The van der Waals surface area contributed by atoms with E-state index < -0.39 is 5.41 Å². The Labute approximate surface area is 208 Å². The van der Waals surface area contributed by atoms with Crippen LogP contribution in [0.4, 0.5) is 9.52 Å². The van der Waals surface area contributed by atoms with Gasteiger partial charge in [-0.2, -0.15) is 0 Å². The summed E-state index contributed by atoms with van der Waals surface area (Å²) in [7, 11) is 0. The molecule has 0 bridgehead atoms. The molecule has 0 saturated heterocycles. The molecule has 174 valence electrons. The van der Waals surface area contributed by atoms with Crippen molar-refractivity contribution in [2.24, 2.45) is 5.41 Å². The lowest BCUT2D eigenvalue weighted by Gasteiger charge is -2.33. The second-order valence-electron chi connectivity index (χ2n) is 9.11. The minimum Gasteiger partial charge on any atom is -0.301 e. The van der Waals surface area contributed by atoms with E-state index in [0.29, 0.717) is 16.2 Å². The van der Waals surface area contributed by atoms with Crippen molar-refractivity contribution in [3.8, 4) is 11.3 Å². The number of benzene rings is 4. The highest BCUT2D eigenvalue weighted by Gasteiger charge is 2.39. The van der Waals surface area contributed by atoms with Gasteiger partial charge in [-0.05, 0) is 28.6 Å². The minimum atomic E-state index is -0.753. The number of nitrogens with one attached hydrogen (secondary N) is 1. The van der Waals surface area contributed by atoms with Crippen molar-refractivity contribution >= 4 is 33.1 Å². The summed E-state index contributed by atoms with van der Waals surface area (Å²) in [6, 6.07) is 30.8. The Balaban J connectivity index is 1.45. The third-order valence-electron chi connectivity index (χ3n) is 6.44. The average Bonchev–Trinajstić information content (AvgIpc) is 3.34. The van der Waals surface area contributed by atoms with Crippen molar-refractivity contribution in [2.75, 3.05) is 5.32 Å². The minimum absolute atomic E-state index is 0.111. The Kier molecular flexibility index (Phi) is 6.18. The molecule has 1 amide bonds. The van der Waals surface area contributed by atoms with Gasteiger partial charge in [-0.3, -0.25) is 4.79 Å². The number of hydrogen-bond donors (Lipinski definition) is 1. The van der Waals surface area contributed by atoms with Crippen LogP contribution < -0.4 is 5.32 Å². The normalized spacial score (nSPS) is 11.7. The first-order chi connectivity index (χ1) is 16.9. The molecule has 0 fully saturated rings. The molecule has 0 radical (unpaired) electrons. The fourth-order valence-electron chi connectivity index (χ4n) is 4.65. The molecule has 0 aliphatic heterocycles. The SMILES string of the molecule is CC(C)(C(=O)Nc1nc(-c2ccc(F)c3ccccc23)cs1)C(c1ccccc1)c1ccccc1. The number of halogens is 1. The molecular weight excluding hydrogens is 455 g/mol. The van der Waals surface area contributed by atoms with Gasteiger partial charge in [0.05, 0.1) is 11.1 Å². The summed E-state index contributed by atoms with van der Waals surface area (Å²) in [4.78, 5) is 18.3. The lowest BCUT2D eigenvalue weighted by molar-refractivity contribution is -0.124. The topological polar surface area (TPSA) is 42.0 Å². The quantitative estimate of drug-likeness (QED) is 0.268. The predicted molar refractivity (Wildman–Crippen MR) is 142 cm³/mol. The summed E-state index contributed by atoms with van der Waals surface area (Å²) < 4.78 is 14.3. The van der Waals surface area contributed by atoms with E-state index in [-0.39, 0.29) is 17.6 Å². The predicted octanol–water partition coefficient (Wildman–Crippen LogP) is 7.90. The number of anilines is 1. The highest BCUT2D eigenvalue weighted by Crippen LogP contribution is 2.42. The van der Waals surface area contributed by atoms with Gasteiger partial charge >= 0.3 is 0 Å². The molecule has 0 unspecified atom stereocenters. The molecule has 3 nitrogen and oxygen atoms in total. The maximum absolute atomic E-state index is 14.3. The van der Waals surface area contributed by atoms with Crippen LogP contribution in [-0.2, 0) is 4.79 Å². The van der Waals surface area contributed by atoms with E-state index in [9.17, 15) is 9.18 Å². The summed E-state index contributed by atoms with van der Waals surface area (Å²) >= 11 is 1.37. The number of nitrogens with zero attached hydrogens (tertiary/aromatic N) is 1. The average molecular weight is 481 g/mol. The van der Waals surface area contributed by atoms with Gasteiger partial charge in [0.25, 0.3) is 0 Å². The van der Waals surface area contributed by atoms with Crippen molar-refractivity contribution in [1.82, 2.24) is 4.98 Å². The van der Waals surface area contributed by atoms with Crippen LogP contribution in [0.5, 0.6) is 0 Å². The Bertz CT molecular complexity index is 1440. The number of carbonyl (C=O) groups is 1. The van der Waals surface area contributed by atoms with Gasteiger partial charge in [0, 0.05) is 22.2 Å². The Hall–Kier alpha value is -3.83. The van der Waals surface area contributed by atoms with Gasteiger partial charge in [-0.15, -0.1) is 11.3 Å². The molecule has 5 heteroatoms. The summed E-state index contributed by atoms with van der Waals surface area (Å²) in [6.45, 7) is 3.93. The smallest absolute Gasteiger partial charge is 0.232 e. The van der Waals surface area contributed by atoms with Gasteiger partial charge in [0.2, 0.25) is 5.91 Å². The molecule has 0 saturated carbocycles. The van der Waals surface area contributed by atoms with Crippen LogP contribution in [0.1, 0.15) is 30.9 Å². The van der Waals surface area contributed by atoms with Crippen molar-refractivity contribution in [3.63, 3.8) is 0 Å². The van der Waals surface area contributed by atoms with Crippen LogP contribution in [0.15, 0.2) is 102 Å². The molecule has 4 aromatic carbocycles. The third-order valence-corrected chi connectivity index (χ3v) is 7.20. The highest BCUT2D eigenvalue weighted by molar-refractivity contribution is 7.14. The highest BCUT2D eigenvalue weighted by atomic mass is 32.1. The molecule has 0 spiro atoms. The molecule has 35 heavy (non-hydrogen) atoms. The van der Waals surface area contributed by atoms with E-state index in [2.05, 4.69) is 34.6 Å². The summed E-state index contributed by atoms with van der Waals surface area (Å²) in [5.41, 5.74) is 2.95. The van der Waals surface area contributed by atoms with E-state index in [1.54, 1.807) is 12.1 Å². The number of aromatic nitrogens is 1. The molecule has 1 N–H and O–H groups in total. The Morgan fingerprint density at radius 2 is 1.40 bits per heavy atom. The van der Waals surface area contributed by atoms with E-state index in [1.807, 2.05) is 73.8 Å². The first-order valence-corrected chi connectivity index (χ1v) is 12.4. The van der Waals surface area contributed by atoms with E-state index >= 15 is 0 Å². The van der Waals surface area contributed by atoms with Crippen LogP contribution in [0.25, 0.3) is 22.0 Å². The number of thiazole rings is 1. The van der Waals surface area contributed by atoms with Crippen molar-refractivity contribution in [3.05, 3.63) is 119 Å². The molecule has 0 aliphatic carbocycles. The molecule has 0 atom stereocenters. The zero-order chi connectivity index (χ0) is 24.4. The zero-order valence-electron chi connectivity index (χ0n) is 19.5. The monoisotopic (exact) mass is 480 g/mol. The van der Waals surface area contributed by atoms with Gasteiger partial charge in [0.15, 0.2) is 5.13 Å². The third kappa shape index (κ3) is 4.47. The van der Waals surface area contributed by atoms with Crippen molar-refractivity contribution in [1.29, 1.82) is 0 Å². The largest absolute Gasteiger partial charge is 0.301 e. The molecule has 5 aromatic rings. The first-order valence-electron chi connectivity index (χ1n) is 11.5. The van der Waals surface area contributed by atoms with Crippen LogP contribution in [0.2, 0.25) is 0 Å². The molecular formula is C30H25FN2OS. The molecule has 0 aliphatic rings. The van der Waals surface area contributed by atoms with E-state index in [0.717, 1.165) is 22.1 Å². The van der Waals surface area contributed by atoms with Gasteiger partial charge in [-0.25, -0.2) is 9.37 Å². The maximum Gasteiger partial charge on any atom is 0.232 e. The second-order valence-corrected chi connectivity index (χ2v) is 9.97. The fraction of sp³-hybridized carbons (Fsp3) is 0.133. The van der Waals surface area contributed by atoms with Crippen LogP contribution >= 0.6 is 11.3 Å². The van der Waals surface area contributed by atoms with E-state index in [1.165, 1.54) is 17.4 Å². The lowest BCUT2D eigenvalue weighted by atomic mass is 9.70. The maximum atomic E-state index is 14.3. The molecule has 1 heterocycles. The number of amides is 1.